The Morgan fingerprint density at radius 3 is 2.57 bits per heavy atom. The molecule has 114 valence electrons. The van der Waals surface area contributed by atoms with Gasteiger partial charge in [-0.05, 0) is 50.9 Å². The van der Waals surface area contributed by atoms with Gasteiger partial charge in [-0.3, -0.25) is 0 Å². The first kappa shape index (κ1) is 14.7. The van der Waals surface area contributed by atoms with Gasteiger partial charge in [0.15, 0.2) is 0 Å². The number of benzene rings is 1. The van der Waals surface area contributed by atoms with Crippen LogP contribution < -0.4 is 11.1 Å². The molecule has 2 atom stereocenters. The van der Waals surface area contributed by atoms with Crippen molar-refractivity contribution in [2.75, 3.05) is 12.4 Å². The number of nitrogens with one attached hydrogen (secondary N) is 1. The predicted octanol–water partition coefficient (Wildman–Crippen LogP) is 2.89. The maximum absolute atomic E-state index is 13.9. The van der Waals surface area contributed by atoms with E-state index < -0.39 is 0 Å². The molecule has 0 spiro atoms. The zero-order valence-electron chi connectivity index (χ0n) is 12.3. The first-order valence-electron chi connectivity index (χ1n) is 7.62. The third kappa shape index (κ3) is 3.04. The lowest BCUT2D eigenvalue weighted by molar-refractivity contribution is 0.0608. The summed E-state index contributed by atoms with van der Waals surface area (Å²) in [7, 11) is 2.24. The number of fused-ring (bicyclic) bond motifs is 2. The van der Waals surface area contributed by atoms with Gasteiger partial charge in [-0.15, -0.1) is 0 Å². The molecule has 2 heterocycles. The Balaban J connectivity index is 1.70. The topological polar surface area (TPSA) is 41.3 Å². The van der Waals surface area contributed by atoms with Crippen LogP contribution in [-0.4, -0.2) is 35.1 Å². The van der Waals surface area contributed by atoms with Crippen molar-refractivity contribution in [2.45, 2.75) is 50.2 Å². The fourth-order valence-electron chi connectivity index (χ4n) is 3.77. The van der Waals surface area contributed by atoms with Crippen molar-refractivity contribution in [3.63, 3.8) is 0 Å². The second kappa shape index (κ2) is 5.89. The van der Waals surface area contributed by atoms with Gasteiger partial charge in [0.25, 0.3) is 0 Å². The Morgan fingerprint density at radius 1 is 1.33 bits per heavy atom. The SMILES string of the molecule is CN1C2CCCC1CC(Nc1ccc(C(N)=S)c(F)c1)C2. The summed E-state index contributed by atoms with van der Waals surface area (Å²) >= 11 is 4.83. The number of halogens is 1. The van der Waals surface area contributed by atoms with E-state index in [2.05, 4.69) is 17.3 Å². The highest BCUT2D eigenvalue weighted by Gasteiger charge is 2.35. The van der Waals surface area contributed by atoms with Gasteiger partial charge in [-0.2, -0.15) is 0 Å². The number of rotatable bonds is 3. The van der Waals surface area contributed by atoms with E-state index >= 15 is 0 Å². The maximum atomic E-state index is 13.9. The molecule has 3 nitrogen and oxygen atoms in total. The molecule has 5 heteroatoms. The number of nitrogens with zero attached hydrogens (tertiary/aromatic N) is 1. The smallest absolute Gasteiger partial charge is 0.135 e. The molecular formula is C16H22FN3S. The zero-order chi connectivity index (χ0) is 15.0. The molecule has 0 amide bonds. The predicted molar refractivity (Wildman–Crippen MR) is 88.1 cm³/mol. The number of piperidine rings is 2. The van der Waals surface area contributed by atoms with Crippen molar-refractivity contribution >= 4 is 22.9 Å². The Kier molecular flexibility index (Phi) is 4.13. The van der Waals surface area contributed by atoms with Crippen LogP contribution in [0.2, 0.25) is 0 Å². The molecule has 1 aromatic rings. The van der Waals surface area contributed by atoms with Crippen LogP contribution in [0.3, 0.4) is 0 Å². The molecule has 0 radical (unpaired) electrons. The van der Waals surface area contributed by atoms with Crippen molar-refractivity contribution in [3.05, 3.63) is 29.6 Å². The third-order valence-corrected chi connectivity index (χ3v) is 5.17. The summed E-state index contributed by atoms with van der Waals surface area (Å²) < 4.78 is 13.9. The normalized spacial score (nSPS) is 29.1. The summed E-state index contributed by atoms with van der Waals surface area (Å²) in [4.78, 5) is 2.63. The quantitative estimate of drug-likeness (QED) is 0.843. The van der Waals surface area contributed by atoms with Crippen LogP contribution in [0.15, 0.2) is 18.2 Å². The van der Waals surface area contributed by atoms with E-state index in [0.29, 0.717) is 23.7 Å². The molecule has 0 aliphatic carbocycles. The van der Waals surface area contributed by atoms with Gasteiger partial charge >= 0.3 is 0 Å². The molecule has 2 unspecified atom stereocenters. The average molecular weight is 307 g/mol. The lowest BCUT2D eigenvalue weighted by Gasteiger charge is -2.47. The number of anilines is 1. The lowest BCUT2D eigenvalue weighted by Crippen LogP contribution is -2.52. The Bertz CT molecular complexity index is 534. The average Bonchev–Trinajstić information content (AvgIpc) is 2.39. The summed E-state index contributed by atoms with van der Waals surface area (Å²) in [6.07, 6.45) is 6.15. The standard InChI is InChI=1S/C16H22FN3S/c1-20-12-3-2-4-13(20)8-11(7-12)19-10-5-6-14(16(18)21)15(17)9-10/h5-6,9,11-13,19H,2-4,7-8H2,1H3,(H2,18,21). The van der Waals surface area contributed by atoms with Gasteiger partial charge < -0.3 is 16.0 Å². The second-order valence-electron chi connectivity index (χ2n) is 6.28. The highest BCUT2D eigenvalue weighted by Crippen LogP contribution is 2.34. The number of thiocarbonyl (C=S) groups is 1. The molecule has 0 saturated carbocycles. The molecule has 0 aromatic heterocycles. The van der Waals surface area contributed by atoms with E-state index in [0.717, 1.165) is 18.5 Å². The third-order valence-electron chi connectivity index (χ3n) is 4.95. The van der Waals surface area contributed by atoms with Crippen molar-refractivity contribution in [2.24, 2.45) is 5.73 Å². The molecule has 2 fully saturated rings. The number of hydrogen-bond donors (Lipinski definition) is 2. The molecule has 3 rings (SSSR count). The summed E-state index contributed by atoms with van der Waals surface area (Å²) in [5, 5.41) is 3.49. The molecule has 21 heavy (non-hydrogen) atoms. The van der Waals surface area contributed by atoms with Crippen LogP contribution >= 0.6 is 12.2 Å². The molecule has 2 saturated heterocycles. The number of hydrogen-bond acceptors (Lipinski definition) is 3. The molecular weight excluding hydrogens is 285 g/mol. The largest absolute Gasteiger partial charge is 0.389 e. The highest BCUT2D eigenvalue weighted by molar-refractivity contribution is 7.80. The van der Waals surface area contributed by atoms with Crippen LogP contribution in [0.5, 0.6) is 0 Å². The van der Waals surface area contributed by atoms with E-state index in [1.54, 1.807) is 6.07 Å². The van der Waals surface area contributed by atoms with E-state index in [4.69, 9.17) is 18.0 Å². The second-order valence-corrected chi connectivity index (χ2v) is 6.72. The minimum atomic E-state index is -0.347. The minimum absolute atomic E-state index is 0.105. The van der Waals surface area contributed by atoms with Crippen molar-refractivity contribution < 1.29 is 4.39 Å². The molecule has 1 aromatic carbocycles. The van der Waals surface area contributed by atoms with Gasteiger partial charge in [0.2, 0.25) is 0 Å². The summed E-state index contributed by atoms with van der Waals surface area (Å²) in [5.41, 5.74) is 6.63. The first-order chi connectivity index (χ1) is 10.0. The van der Waals surface area contributed by atoms with Gasteiger partial charge in [-0.1, -0.05) is 18.6 Å². The van der Waals surface area contributed by atoms with E-state index in [1.807, 2.05) is 6.07 Å². The monoisotopic (exact) mass is 307 g/mol. The number of nitrogens with two attached hydrogens (primary N) is 1. The van der Waals surface area contributed by atoms with Crippen molar-refractivity contribution in [1.82, 2.24) is 4.90 Å². The molecule has 3 N–H and O–H groups in total. The van der Waals surface area contributed by atoms with Crippen LogP contribution in [0.1, 0.15) is 37.7 Å². The van der Waals surface area contributed by atoms with Crippen LogP contribution in [-0.2, 0) is 0 Å². The van der Waals surface area contributed by atoms with E-state index in [9.17, 15) is 4.39 Å². The Hall–Kier alpha value is -1.20. The van der Waals surface area contributed by atoms with Gasteiger partial charge in [0.05, 0.1) is 0 Å². The van der Waals surface area contributed by atoms with Crippen LogP contribution in [0.4, 0.5) is 10.1 Å². The van der Waals surface area contributed by atoms with Gasteiger partial charge in [0, 0.05) is 29.4 Å². The van der Waals surface area contributed by atoms with Crippen molar-refractivity contribution in [1.29, 1.82) is 0 Å². The molecule has 2 aliphatic rings. The fraction of sp³-hybridized carbons (Fsp3) is 0.562. The summed E-state index contributed by atoms with van der Waals surface area (Å²) in [6, 6.07) is 6.78. The Morgan fingerprint density at radius 2 is 2.00 bits per heavy atom. The van der Waals surface area contributed by atoms with Crippen molar-refractivity contribution in [3.8, 4) is 0 Å². The lowest BCUT2D eigenvalue weighted by atomic mass is 9.82. The first-order valence-corrected chi connectivity index (χ1v) is 8.03. The van der Waals surface area contributed by atoms with Gasteiger partial charge in [-0.25, -0.2) is 4.39 Å². The van der Waals surface area contributed by atoms with Gasteiger partial charge in [0.1, 0.15) is 10.8 Å². The zero-order valence-corrected chi connectivity index (χ0v) is 13.1. The molecule has 2 bridgehead atoms. The van der Waals surface area contributed by atoms with E-state index in [1.165, 1.54) is 25.3 Å². The van der Waals surface area contributed by atoms with Crippen LogP contribution in [0, 0.1) is 5.82 Å². The molecule has 2 aliphatic heterocycles. The summed E-state index contributed by atoms with van der Waals surface area (Å²) in [6.45, 7) is 0. The Labute approximate surface area is 130 Å². The van der Waals surface area contributed by atoms with E-state index in [-0.39, 0.29) is 10.8 Å². The minimum Gasteiger partial charge on any atom is -0.389 e. The highest BCUT2D eigenvalue weighted by atomic mass is 32.1. The maximum Gasteiger partial charge on any atom is 0.135 e. The fourth-order valence-corrected chi connectivity index (χ4v) is 3.94. The van der Waals surface area contributed by atoms with Crippen LogP contribution in [0.25, 0.3) is 0 Å². The summed E-state index contributed by atoms with van der Waals surface area (Å²) in [5.74, 6) is -0.347.